The molecule has 1 heterocycles. The molecule has 176 valence electrons. The number of benzene rings is 2. The van der Waals surface area contributed by atoms with E-state index < -0.39 is 10.0 Å². The molecule has 0 bridgehead atoms. The monoisotopic (exact) mass is 467 g/mol. The van der Waals surface area contributed by atoms with E-state index in [9.17, 15) is 8.42 Å². The van der Waals surface area contributed by atoms with Crippen molar-refractivity contribution in [2.75, 3.05) is 28.0 Å². The lowest BCUT2D eigenvalue weighted by molar-refractivity contribution is 0.600. The number of aryl methyl sites for hydroxylation is 2. The van der Waals surface area contributed by atoms with Crippen molar-refractivity contribution in [3.63, 3.8) is 0 Å². The molecule has 8 heteroatoms. The smallest absolute Gasteiger partial charge is 0.262 e. The van der Waals surface area contributed by atoms with Crippen molar-refractivity contribution < 1.29 is 8.42 Å². The summed E-state index contributed by atoms with van der Waals surface area (Å²) < 4.78 is 28.7. The molecular formula is C25H33N5O2S. The van der Waals surface area contributed by atoms with Gasteiger partial charge >= 0.3 is 0 Å². The predicted molar refractivity (Wildman–Crippen MR) is 136 cm³/mol. The average molecular weight is 468 g/mol. The van der Waals surface area contributed by atoms with Gasteiger partial charge in [0.05, 0.1) is 4.90 Å². The Labute approximate surface area is 197 Å². The van der Waals surface area contributed by atoms with Crippen molar-refractivity contribution >= 4 is 33.2 Å². The van der Waals surface area contributed by atoms with Crippen LogP contribution in [0.15, 0.2) is 53.4 Å². The molecule has 0 aliphatic carbocycles. The fraction of sp³-hybridized carbons (Fsp3) is 0.360. The zero-order valence-corrected chi connectivity index (χ0v) is 21.0. The summed E-state index contributed by atoms with van der Waals surface area (Å²) in [6.45, 7) is 13.7. The normalized spacial score (nSPS) is 11.5. The first-order valence-electron chi connectivity index (χ1n) is 11.2. The largest absolute Gasteiger partial charge is 0.357 e. The molecule has 0 aliphatic rings. The standard InChI is InChI=1S/C25H33N5O2S/c1-7-30(8-2)24-15-19(6)26-25(28-24)27-21-11-13-22(14-12-21)29-33(31,32)23-16-20(17(3)4)10-9-18(23)5/h9-17,29H,7-8H2,1-6H3,(H,26,27,28). The van der Waals surface area contributed by atoms with Crippen molar-refractivity contribution in [2.24, 2.45) is 0 Å². The van der Waals surface area contributed by atoms with Crippen LogP contribution >= 0.6 is 0 Å². The summed E-state index contributed by atoms with van der Waals surface area (Å²) in [6, 6.07) is 14.6. The van der Waals surface area contributed by atoms with Gasteiger partial charge in [0.2, 0.25) is 5.95 Å². The molecule has 0 fully saturated rings. The van der Waals surface area contributed by atoms with E-state index in [1.807, 2.05) is 39.0 Å². The summed E-state index contributed by atoms with van der Waals surface area (Å²) in [5, 5.41) is 3.21. The Morgan fingerprint density at radius 2 is 1.55 bits per heavy atom. The molecular weight excluding hydrogens is 434 g/mol. The highest BCUT2D eigenvalue weighted by molar-refractivity contribution is 7.92. The molecule has 0 saturated carbocycles. The highest BCUT2D eigenvalue weighted by Crippen LogP contribution is 2.25. The van der Waals surface area contributed by atoms with E-state index in [2.05, 4.69) is 38.8 Å². The van der Waals surface area contributed by atoms with Crippen LogP contribution in [0.1, 0.15) is 50.4 Å². The highest BCUT2D eigenvalue weighted by Gasteiger charge is 2.18. The van der Waals surface area contributed by atoms with Crippen LogP contribution in [0.3, 0.4) is 0 Å². The Hall–Kier alpha value is -3.13. The van der Waals surface area contributed by atoms with Gasteiger partial charge in [-0.3, -0.25) is 4.72 Å². The van der Waals surface area contributed by atoms with Gasteiger partial charge in [0.1, 0.15) is 5.82 Å². The van der Waals surface area contributed by atoms with Gasteiger partial charge in [-0.2, -0.15) is 4.98 Å². The molecule has 0 spiro atoms. The number of nitrogens with one attached hydrogen (secondary N) is 2. The number of rotatable bonds is 9. The Balaban J connectivity index is 1.78. The molecule has 0 unspecified atom stereocenters. The third kappa shape index (κ3) is 6.01. The quantitative estimate of drug-likeness (QED) is 0.425. The summed E-state index contributed by atoms with van der Waals surface area (Å²) in [4.78, 5) is 11.5. The molecule has 3 rings (SSSR count). The third-order valence-electron chi connectivity index (χ3n) is 5.49. The Morgan fingerprint density at radius 3 is 2.15 bits per heavy atom. The average Bonchev–Trinajstić information content (AvgIpc) is 2.75. The van der Waals surface area contributed by atoms with Crippen molar-refractivity contribution in [2.45, 2.75) is 52.4 Å². The van der Waals surface area contributed by atoms with Crippen molar-refractivity contribution in [1.82, 2.24) is 9.97 Å². The lowest BCUT2D eigenvalue weighted by Crippen LogP contribution is -2.23. The second kappa shape index (κ2) is 10.2. The molecule has 0 atom stereocenters. The first-order chi connectivity index (χ1) is 15.6. The Bertz CT molecular complexity index is 1200. The van der Waals surface area contributed by atoms with Crippen LogP contribution in [0.4, 0.5) is 23.1 Å². The van der Waals surface area contributed by atoms with Gasteiger partial charge in [-0.15, -0.1) is 0 Å². The van der Waals surface area contributed by atoms with Crippen molar-refractivity contribution in [3.05, 3.63) is 65.4 Å². The maximum atomic E-state index is 13.0. The van der Waals surface area contributed by atoms with E-state index >= 15 is 0 Å². The topological polar surface area (TPSA) is 87.2 Å². The van der Waals surface area contributed by atoms with Crippen molar-refractivity contribution in [3.8, 4) is 0 Å². The number of nitrogens with zero attached hydrogens (tertiary/aromatic N) is 3. The number of sulfonamides is 1. The van der Waals surface area contributed by atoms with E-state index in [0.717, 1.165) is 35.9 Å². The number of hydrogen-bond acceptors (Lipinski definition) is 6. The molecule has 2 N–H and O–H groups in total. The van der Waals surface area contributed by atoms with Crippen molar-refractivity contribution in [1.29, 1.82) is 0 Å². The summed E-state index contributed by atoms with van der Waals surface area (Å²) in [5.41, 5.74) is 3.84. The van der Waals surface area contributed by atoms with Crippen LogP contribution in [-0.2, 0) is 10.0 Å². The predicted octanol–water partition coefficient (Wildman–Crippen LogP) is 5.61. The van der Waals surface area contributed by atoms with Crippen LogP contribution in [0.5, 0.6) is 0 Å². The third-order valence-corrected chi connectivity index (χ3v) is 7.01. The zero-order valence-electron chi connectivity index (χ0n) is 20.2. The van der Waals surface area contributed by atoms with Crippen LogP contribution < -0.4 is 14.9 Å². The minimum atomic E-state index is -3.70. The summed E-state index contributed by atoms with van der Waals surface area (Å²) >= 11 is 0. The molecule has 0 saturated heterocycles. The Morgan fingerprint density at radius 1 is 0.909 bits per heavy atom. The van der Waals surface area contributed by atoms with Gasteiger partial charge in [0.25, 0.3) is 10.0 Å². The van der Waals surface area contributed by atoms with Crippen LogP contribution in [0, 0.1) is 13.8 Å². The lowest BCUT2D eigenvalue weighted by atomic mass is 10.0. The van der Waals surface area contributed by atoms with E-state index in [1.165, 1.54) is 0 Å². The summed E-state index contributed by atoms with van der Waals surface area (Å²) in [5.74, 6) is 1.63. The maximum absolute atomic E-state index is 13.0. The molecule has 0 radical (unpaired) electrons. The molecule has 3 aromatic rings. The van der Waals surface area contributed by atoms with Crippen LogP contribution in [-0.4, -0.2) is 31.5 Å². The van der Waals surface area contributed by atoms with Gasteiger partial charge in [0.15, 0.2) is 0 Å². The van der Waals surface area contributed by atoms with E-state index in [4.69, 9.17) is 0 Å². The molecule has 7 nitrogen and oxygen atoms in total. The Kier molecular flexibility index (Phi) is 7.58. The minimum Gasteiger partial charge on any atom is -0.357 e. The molecule has 0 aliphatic heterocycles. The van der Waals surface area contributed by atoms with E-state index in [0.29, 0.717) is 22.1 Å². The SMILES string of the molecule is CCN(CC)c1cc(C)nc(Nc2ccc(NS(=O)(=O)c3cc(C(C)C)ccc3C)cc2)n1. The highest BCUT2D eigenvalue weighted by atomic mass is 32.2. The number of hydrogen-bond donors (Lipinski definition) is 2. The summed E-state index contributed by atoms with van der Waals surface area (Å²) in [7, 11) is -3.70. The van der Waals surface area contributed by atoms with E-state index in [1.54, 1.807) is 37.3 Å². The van der Waals surface area contributed by atoms with Gasteiger partial charge < -0.3 is 10.2 Å². The second-order valence-electron chi connectivity index (χ2n) is 8.35. The number of aromatic nitrogens is 2. The minimum absolute atomic E-state index is 0.246. The first-order valence-corrected chi connectivity index (χ1v) is 12.7. The molecule has 1 aromatic heterocycles. The fourth-order valence-electron chi connectivity index (χ4n) is 3.54. The second-order valence-corrected chi connectivity index (χ2v) is 10.0. The van der Waals surface area contributed by atoms with Crippen LogP contribution in [0.2, 0.25) is 0 Å². The zero-order chi connectivity index (χ0) is 24.2. The first kappa shape index (κ1) is 24.5. The molecule has 0 amide bonds. The molecule has 2 aromatic carbocycles. The maximum Gasteiger partial charge on any atom is 0.262 e. The van der Waals surface area contributed by atoms with Gasteiger partial charge in [-0.25, -0.2) is 13.4 Å². The van der Waals surface area contributed by atoms with Gasteiger partial charge in [-0.1, -0.05) is 26.0 Å². The number of anilines is 4. The summed E-state index contributed by atoms with van der Waals surface area (Å²) in [6.07, 6.45) is 0. The lowest BCUT2D eigenvalue weighted by Gasteiger charge is -2.20. The van der Waals surface area contributed by atoms with Gasteiger partial charge in [0, 0.05) is 36.2 Å². The van der Waals surface area contributed by atoms with Crippen LogP contribution in [0.25, 0.3) is 0 Å². The fourth-order valence-corrected chi connectivity index (χ4v) is 4.88. The van der Waals surface area contributed by atoms with E-state index in [-0.39, 0.29) is 5.92 Å². The van der Waals surface area contributed by atoms with Gasteiger partial charge in [-0.05, 0) is 75.1 Å². The molecule has 33 heavy (non-hydrogen) atoms.